The van der Waals surface area contributed by atoms with Crippen LogP contribution in [-0.2, 0) is 0 Å². The molecule has 13 heavy (non-hydrogen) atoms. The summed E-state index contributed by atoms with van der Waals surface area (Å²) >= 11 is 5.49. The fraction of sp³-hybridized carbons (Fsp3) is 0.125. The highest BCUT2D eigenvalue weighted by Gasteiger charge is 2.12. The van der Waals surface area contributed by atoms with Gasteiger partial charge in [-0.05, 0) is 57.1 Å². The van der Waals surface area contributed by atoms with Crippen molar-refractivity contribution in [3.8, 4) is 0 Å². The minimum Gasteiger partial charge on any atom is -0.398 e. The van der Waals surface area contributed by atoms with Gasteiger partial charge < -0.3 is 11.5 Å². The number of amides is 1. The SMILES string of the molecule is Cc1c(N)c(C(N)=O)cc(I)c1Br. The molecule has 0 aliphatic carbocycles. The van der Waals surface area contributed by atoms with E-state index in [0.717, 1.165) is 13.6 Å². The van der Waals surface area contributed by atoms with E-state index in [9.17, 15) is 4.79 Å². The number of nitrogens with two attached hydrogens (primary N) is 2. The van der Waals surface area contributed by atoms with Crippen molar-refractivity contribution in [1.82, 2.24) is 0 Å². The molecule has 0 aromatic heterocycles. The fourth-order valence-corrected chi connectivity index (χ4v) is 2.02. The summed E-state index contributed by atoms with van der Waals surface area (Å²) in [7, 11) is 0. The number of carbonyl (C=O) groups excluding carboxylic acids is 1. The van der Waals surface area contributed by atoms with E-state index in [0.29, 0.717) is 11.3 Å². The van der Waals surface area contributed by atoms with Gasteiger partial charge in [0, 0.05) is 13.7 Å². The molecule has 1 amide bonds. The summed E-state index contributed by atoms with van der Waals surface area (Å²) < 4.78 is 1.84. The molecular weight excluding hydrogens is 347 g/mol. The molecule has 0 aliphatic rings. The van der Waals surface area contributed by atoms with Gasteiger partial charge in [-0.25, -0.2) is 0 Å². The summed E-state index contributed by atoms with van der Waals surface area (Å²) in [4.78, 5) is 11.0. The standard InChI is InChI=1S/C8H8BrIN2O/c1-3-6(9)5(10)2-4(7(3)11)8(12)13/h2H,11H2,1H3,(H2,12,13). The van der Waals surface area contributed by atoms with Gasteiger partial charge in [-0.15, -0.1) is 0 Å². The molecule has 0 atom stereocenters. The van der Waals surface area contributed by atoms with Gasteiger partial charge in [0.05, 0.1) is 5.56 Å². The Bertz CT molecular complexity index is 379. The lowest BCUT2D eigenvalue weighted by atomic mass is 10.1. The van der Waals surface area contributed by atoms with Crippen molar-refractivity contribution >= 4 is 50.1 Å². The largest absolute Gasteiger partial charge is 0.398 e. The van der Waals surface area contributed by atoms with E-state index >= 15 is 0 Å². The zero-order valence-corrected chi connectivity index (χ0v) is 10.6. The molecule has 0 aliphatic heterocycles. The van der Waals surface area contributed by atoms with E-state index in [1.54, 1.807) is 6.07 Å². The minimum atomic E-state index is -0.494. The number of anilines is 1. The molecule has 0 unspecified atom stereocenters. The van der Waals surface area contributed by atoms with Crippen LogP contribution in [0, 0.1) is 10.5 Å². The van der Waals surface area contributed by atoms with E-state index in [2.05, 4.69) is 38.5 Å². The van der Waals surface area contributed by atoms with Crippen LogP contribution in [0.5, 0.6) is 0 Å². The first-order chi connectivity index (χ1) is 5.95. The average Bonchev–Trinajstić information content (AvgIpc) is 2.07. The van der Waals surface area contributed by atoms with Gasteiger partial charge in [-0.3, -0.25) is 4.79 Å². The molecule has 1 aromatic carbocycles. The van der Waals surface area contributed by atoms with Gasteiger partial charge in [-0.2, -0.15) is 0 Å². The maximum Gasteiger partial charge on any atom is 0.250 e. The number of rotatable bonds is 1. The second-order valence-corrected chi connectivity index (χ2v) is 4.58. The first-order valence-corrected chi connectivity index (χ1v) is 5.36. The molecule has 4 N–H and O–H groups in total. The number of hydrogen-bond acceptors (Lipinski definition) is 2. The van der Waals surface area contributed by atoms with Crippen molar-refractivity contribution in [1.29, 1.82) is 0 Å². The third-order valence-corrected chi connectivity index (χ3v) is 4.38. The summed E-state index contributed by atoms with van der Waals surface area (Å²) in [6.45, 7) is 1.84. The van der Waals surface area contributed by atoms with Crippen molar-refractivity contribution < 1.29 is 4.79 Å². The Morgan fingerprint density at radius 1 is 1.62 bits per heavy atom. The molecule has 70 valence electrons. The second-order valence-electron chi connectivity index (χ2n) is 2.62. The Morgan fingerprint density at radius 3 is 2.62 bits per heavy atom. The van der Waals surface area contributed by atoms with Crippen molar-refractivity contribution in [2.75, 3.05) is 5.73 Å². The van der Waals surface area contributed by atoms with Gasteiger partial charge >= 0.3 is 0 Å². The number of halogens is 2. The zero-order valence-electron chi connectivity index (χ0n) is 6.90. The smallest absolute Gasteiger partial charge is 0.250 e. The van der Waals surface area contributed by atoms with Crippen LogP contribution in [0.1, 0.15) is 15.9 Å². The number of benzene rings is 1. The maximum atomic E-state index is 11.0. The number of primary amides is 1. The summed E-state index contributed by atoms with van der Waals surface area (Å²) in [5.41, 5.74) is 12.6. The molecular formula is C8H8BrIN2O. The molecule has 0 spiro atoms. The van der Waals surface area contributed by atoms with E-state index in [4.69, 9.17) is 11.5 Å². The molecule has 0 saturated heterocycles. The van der Waals surface area contributed by atoms with Crippen molar-refractivity contribution in [2.24, 2.45) is 5.73 Å². The quantitative estimate of drug-likeness (QED) is 0.598. The molecule has 0 heterocycles. The van der Waals surface area contributed by atoms with Crippen LogP contribution < -0.4 is 11.5 Å². The summed E-state index contributed by atoms with van der Waals surface area (Å²) in [6, 6.07) is 1.68. The summed E-state index contributed by atoms with van der Waals surface area (Å²) in [6.07, 6.45) is 0. The molecule has 3 nitrogen and oxygen atoms in total. The van der Waals surface area contributed by atoms with Crippen LogP contribution in [-0.4, -0.2) is 5.91 Å². The van der Waals surface area contributed by atoms with Crippen LogP contribution >= 0.6 is 38.5 Å². The summed E-state index contributed by atoms with van der Waals surface area (Å²) in [5.74, 6) is -0.494. The highest BCUT2D eigenvalue weighted by molar-refractivity contribution is 14.1. The molecule has 0 fully saturated rings. The van der Waals surface area contributed by atoms with Crippen LogP contribution in [0.3, 0.4) is 0 Å². The van der Waals surface area contributed by atoms with Crippen LogP contribution in [0.4, 0.5) is 5.69 Å². The molecule has 0 bridgehead atoms. The molecule has 5 heteroatoms. The van der Waals surface area contributed by atoms with Gasteiger partial charge in [-0.1, -0.05) is 0 Å². The Morgan fingerprint density at radius 2 is 2.15 bits per heavy atom. The van der Waals surface area contributed by atoms with Gasteiger partial charge in [0.1, 0.15) is 0 Å². The predicted molar refractivity (Wildman–Crippen MR) is 64.5 cm³/mol. The fourth-order valence-electron chi connectivity index (χ4n) is 0.971. The molecule has 1 aromatic rings. The van der Waals surface area contributed by atoms with Gasteiger partial charge in [0.15, 0.2) is 0 Å². The first-order valence-electron chi connectivity index (χ1n) is 3.49. The van der Waals surface area contributed by atoms with E-state index < -0.39 is 5.91 Å². The average molecular weight is 355 g/mol. The van der Waals surface area contributed by atoms with Crippen molar-refractivity contribution in [3.63, 3.8) is 0 Å². The molecule has 0 saturated carbocycles. The molecule has 0 radical (unpaired) electrons. The zero-order chi connectivity index (χ0) is 10.2. The minimum absolute atomic E-state index is 0.380. The van der Waals surface area contributed by atoms with E-state index in [1.165, 1.54) is 0 Å². The lowest BCUT2D eigenvalue weighted by Crippen LogP contribution is -2.14. The third-order valence-electron chi connectivity index (χ3n) is 1.77. The third kappa shape index (κ3) is 1.96. The van der Waals surface area contributed by atoms with E-state index in [-0.39, 0.29) is 0 Å². The van der Waals surface area contributed by atoms with Crippen molar-refractivity contribution in [3.05, 3.63) is 25.2 Å². The molecule has 1 rings (SSSR count). The summed E-state index contributed by atoms with van der Waals surface area (Å²) in [5, 5.41) is 0. The number of nitrogen functional groups attached to an aromatic ring is 1. The van der Waals surface area contributed by atoms with Crippen molar-refractivity contribution in [2.45, 2.75) is 6.92 Å². The second kappa shape index (κ2) is 3.83. The number of hydrogen-bond donors (Lipinski definition) is 2. The topological polar surface area (TPSA) is 69.1 Å². The Balaban J connectivity index is 3.50. The predicted octanol–water partition coefficient (Wildman–Crippen LogP) is 2.04. The number of carbonyl (C=O) groups is 1. The van der Waals surface area contributed by atoms with E-state index in [1.807, 2.05) is 6.92 Å². The normalized spacial score (nSPS) is 10.1. The van der Waals surface area contributed by atoms with Gasteiger partial charge in [0.2, 0.25) is 0 Å². The lowest BCUT2D eigenvalue weighted by molar-refractivity contribution is 0.100. The monoisotopic (exact) mass is 354 g/mol. The Hall–Kier alpha value is -0.300. The Labute approximate surface area is 98.1 Å². The van der Waals surface area contributed by atoms with Crippen LogP contribution in [0.25, 0.3) is 0 Å². The van der Waals surface area contributed by atoms with Crippen LogP contribution in [0.2, 0.25) is 0 Å². The first kappa shape index (κ1) is 10.8. The maximum absolute atomic E-state index is 11.0. The highest BCUT2D eigenvalue weighted by Crippen LogP contribution is 2.30. The van der Waals surface area contributed by atoms with Crippen LogP contribution in [0.15, 0.2) is 10.5 Å². The van der Waals surface area contributed by atoms with Gasteiger partial charge in [0.25, 0.3) is 5.91 Å². The highest BCUT2D eigenvalue weighted by atomic mass is 127. The Kier molecular flexibility index (Phi) is 3.18. The lowest BCUT2D eigenvalue weighted by Gasteiger charge is -2.09.